The van der Waals surface area contributed by atoms with E-state index in [0.717, 1.165) is 24.2 Å². The Labute approximate surface area is 153 Å². The molecule has 0 aromatic heterocycles. The summed E-state index contributed by atoms with van der Waals surface area (Å²) in [6, 6.07) is 10.4. The zero-order chi connectivity index (χ0) is 18.4. The molecule has 0 saturated heterocycles. The van der Waals surface area contributed by atoms with Gasteiger partial charge in [0.25, 0.3) is 0 Å². The fourth-order valence-corrected chi connectivity index (χ4v) is 3.26. The third-order valence-electron chi connectivity index (χ3n) is 4.27. The van der Waals surface area contributed by atoms with E-state index in [4.69, 9.17) is 4.84 Å². The third-order valence-corrected chi connectivity index (χ3v) is 4.27. The molecule has 0 amide bonds. The Morgan fingerprint density at radius 2 is 1.96 bits per heavy atom. The molecule has 136 valence electrons. The molecule has 3 nitrogen and oxygen atoms in total. The van der Waals surface area contributed by atoms with Gasteiger partial charge in [0.1, 0.15) is 0 Å². The van der Waals surface area contributed by atoms with Crippen LogP contribution in [0, 0.1) is 11.3 Å². The Balaban J connectivity index is 2.03. The van der Waals surface area contributed by atoms with Gasteiger partial charge in [-0.05, 0) is 54.6 Å². The first kappa shape index (κ1) is 19.5. The van der Waals surface area contributed by atoms with Gasteiger partial charge in [0, 0.05) is 6.54 Å². The minimum absolute atomic E-state index is 0.0722. The van der Waals surface area contributed by atoms with Gasteiger partial charge in [-0.3, -0.25) is 10.3 Å². The number of hydroxylamine groups is 1. The molecule has 1 aromatic carbocycles. The molecule has 0 saturated carbocycles. The molecule has 1 unspecified atom stereocenters. The van der Waals surface area contributed by atoms with Gasteiger partial charge >= 0.3 is 0 Å². The summed E-state index contributed by atoms with van der Waals surface area (Å²) < 4.78 is 0. The van der Waals surface area contributed by atoms with Crippen molar-refractivity contribution in [3.63, 3.8) is 0 Å². The van der Waals surface area contributed by atoms with Gasteiger partial charge in [0.05, 0.1) is 12.3 Å². The minimum Gasteiger partial charge on any atom is -0.309 e. The summed E-state index contributed by atoms with van der Waals surface area (Å²) >= 11 is 0. The molecule has 3 heteroatoms. The molecule has 0 spiro atoms. The lowest BCUT2D eigenvalue weighted by atomic mass is 9.78. The van der Waals surface area contributed by atoms with E-state index in [0.29, 0.717) is 12.5 Å². The summed E-state index contributed by atoms with van der Waals surface area (Å²) in [4.78, 5) is 7.92. The molecule has 1 aromatic rings. The Bertz CT molecular complexity index is 641. The summed E-state index contributed by atoms with van der Waals surface area (Å²) in [6.07, 6.45) is 5.38. The molecule has 0 fully saturated rings. The molecule has 1 atom stereocenters. The number of nitrogens with zero attached hydrogens (tertiary/aromatic N) is 1. The second kappa shape index (κ2) is 8.50. The van der Waals surface area contributed by atoms with Gasteiger partial charge in [-0.2, -0.15) is 0 Å². The van der Waals surface area contributed by atoms with Crippen molar-refractivity contribution in [2.24, 2.45) is 11.3 Å². The summed E-state index contributed by atoms with van der Waals surface area (Å²) in [5.74, 6) is 0.474. The van der Waals surface area contributed by atoms with Gasteiger partial charge in [0.15, 0.2) is 0 Å². The first-order chi connectivity index (χ1) is 11.8. The Morgan fingerprint density at radius 1 is 1.28 bits per heavy atom. The van der Waals surface area contributed by atoms with Crippen LogP contribution in [-0.4, -0.2) is 32.1 Å². The van der Waals surface area contributed by atoms with E-state index in [1.165, 1.54) is 11.1 Å². The van der Waals surface area contributed by atoms with E-state index >= 15 is 0 Å². The van der Waals surface area contributed by atoms with E-state index in [1.54, 1.807) is 0 Å². The predicted molar refractivity (Wildman–Crippen MR) is 107 cm³/mol. The molecule has 0 bridgehead atoms. The number of hydrogen-bond donors (Lipinski definition) is 1. The first-order valence-corrected chi connectivity index (χ1v) is 8.97. The second-order valence-corrected chi connectivity index (χ2v) is 8.06. The van der Waals surface area contributed by atoms with Crippen molar-refractivity contribution < 1.29 is 4.84 Å². The second-order valence-electron chi connectivity index (χ2n) is 8.06. The Morgan fingerprint density at radius 3 is 2.60 bits per heavy atom. The highest BCUT2D eigenvalue weighted by molar-refractivity contribution is 5.78. The van der Waals surface area contributed by atoms with Gasteiger partial charge in [-0.25, -0.2) is 0 Å². The van der Waals surface area contributed by atoms with Crippen LogP contribution in [0.4, 0.5) is 0 Å². The van der Waals surface area contributed by atoms with Crippen molar-refractivity contribution >= 4 is 5.57 Å². The highest BCUT2D eigenvalue weighted by atomic mass is 16.6. The molecule has 2 rings (SSSR count). The van der Waals surface area contributed by atoms with Crippen LogP contribution < -0.4 is 5.48 Å². The van der Waals surface area contributed by atoms with Gasteiger partial charge < -0.3 is 4.90 Å². The summed E-state index contributed by atoms with van der Waals surface area (Å²) in [7, 11) is 4.17. The van der Waals surface area contributed by atoms with Crippen molar-refractivity contribution in [2.75, 3.05) is 27.2 Å². The lowest BCUT2D eigenvalue weighted by Crippen LogP contribution is -2.27. The highest BCUT2D eigenvalue weighted by Gasteiger charge is 2.24. The maximum atomic E-state index is 5.74. The van der Waals surface area contributed by atoms with Gasteiger partial charge in [0.2, 0.25) is 0 Å². The van der Waals surface area contributed by atoms with Crippen molar-refractivity contribution in [3.05, 3.63) is 65.9 Å². The molecule has 1 aliphatic rings. The topological polar surface area (TPSA) is 24.5 Å². The zero-order valence-corrected chi connectivity index (χ0v) is 16.3. The van der Waals surface area contributed by atoms with Crippen LogP contribution in [0.15, 0.2) is 60.3 Å². The Kier molecular flexibility index (Phi) is 6.63. The number of rotatable bonds is 8. The van der Waals surface area contributed by atoms with Crippen LogP contribution in [0.5, 0.6) is 0 Å². The predicted octanol–water partition coefficient (Wildman–Crippen LogP) is 4.66. The third kappa shape index (κ3) is 6.18. The number of benzene rings is 1. The van der Waals surface area contributed by atoms with Crippen LogP contribution in [-0.2, 0) is 4.84 Å². The lowest BCUT2D eigenvalue weighted by Gasteiger charge is -2.29. The van der Waals surface area contributed by atoms with Crippen LogP contribution in [0.1, 0.15) is 32.8 Å². The first-order valence-electron chi connectivity index (χ1n) is 8.97. The Hall–Kier alpha value is -1.84. The largest absolute Gasteiger partial charge is 0.309 e. The summed E-state index contributed by atoms with van der Waals surface area (Å²) in [6.45, 7) is 12.7. The molecular formula is C22H32N2O. The van der Waals surface area contributed by atoms with Crippen molar-refractivity contribution in [3.8, 4) is 0 Å². The van der Waals surface area contributed by atoms with Crippen molar-refractivity contribution in [1.29, 1.82) is 0 Å². The van der Waals surface area contributed by atoms with Crippen LogP contribution >= 0.6 is 0 Å². The normalized spacial score (nSPS) is 17.7. The van der Waals surface area contributed by atoms with Crippen LogP contribution in [0.25, 0.3) is 5.57 Å². The molecule has 0 radical (unpaired) electrons. The highest BCUT2D eigenvalue weighted by Crippen LogP contribution is 2.38. The molecule has 1 aliphatic carbocycles. The maximum absolute atomic E-state index is 5.74. The molecule has 0 heterocycles. The average Bonchev–Trinajstić information content (AvgIpc) is 2.53. The average molecular weight is 341 g/mol. The monoisotopic (exact) mass is 340 g/mol. The fourth-order valence-electron chi connectivity index (χ4n) is 3.26. The van der Waals surface area contributed by atoms with Crippen LogP contribution in [0.3, 0.4) is 0 Å². The van der Waals surface area contributed by atoms with Gasteiger partial charge in [-0.15, -0.1) is 0 Å². The smallest absolute Gasteiger partial charge is 0.0783 e. The quantitative estimate of drug-likeness (QED) is 0.697. The number of nitrogens with one attached hydrogen (secondary N) is 1. The molecule has 0 aliphatic heterocycles. The molecule has 1 N–H and O–H groups in total. The van der Waals surface area contributed by atoms with E-state index in [-0.39, 0.29) is 5.41 Å². The maximum Gasteiger partial charge on any atom is 0.0783 e. The summed E-state index contributed by atoms with van der Waals surface area (Å²) in [5.41, 5.74) is 7.74. The number of allylic oxidation sites excluding steroid dienone is 4. The molecule has 25 heavy (non-hydrogen) atoms. The van der Waals surface area contributed by atoms with Crippen molar-refractivity contribution in [1.82, 2.24) is 10.4 Å². The lowest BCUT2D eigenvalue weighted by molar-refractivity contribution is 0.0354. The van der Waals surface area contributed by atoms with E-state index in [2.05, 4.69) is 88.2 Å². The standard InChI is InChI=1S/C22H32N2O/c1-17(15-24(5)6)16-25-23-21-12-20(13-22(3,4)14-21)18(2)19-10-8-7-9-11-19/h7-12,14,17,23H,2,13,15-16H2,1,3-6H3. The van der Waals surface area contributed by atoms with E-state index < -0.39 is 0 Å². The van der Waals surface area contributed by atoms with E-state index in [9.17, 15) is 0 Å². The van der Waals surface area contributed by atoms with Gasteiger partial charge in [-0.1, -0.05) is 63.8 Å². The van der Waals surface area contributed by atoms with Crippen LogP contribution in [0.2, 0.25) is 0 Å². The zero-order valence-electron chi connectivity index (χ0n) is 16.3. The van der Waals surface area contributed by atoms with E-state index in [1.807, 2.05) is 6.07 Å². The summed E-state index contributed by atoms with van der Waals surface area (Å²) in [5, 5.41) is 0. The number of hydrogen-bond acceptors (Lipinski definition) is 3. The van der Waals surface area contributed by atoms with Crippen molar-refractivity contribution in [2.45, 2.75) is 27.2 Å². The fraction of sp³-hybridized carbons (Fsp3) is 0.455. The molecular weight excluding hydrogens is 308 g/mol. The minimum atomic E-state index is 0.0722. The SMILES string of the molecule is C=C(C1=CC(NOCC(C)CN(C)C)=CC(C)(C)C1)c1ccccc1.